The van der Waals surface area contributed by atoms with Crippen molar-refractivity contribution < 1.29 is 18.4 Å². The number of ether oxygens (including phenoxy) is 1. The van der Waals surface area contributed by atoms with Gasteiger partial charge in [0, 0.05) is 37.9 Å². The maximum absolute atomic E-state index is 13.5. The van der Waals surface area contributed by atoms with E-state index in [1.54, 1.807) is 29.7 Å². The lowest BCUT2D eigenvalue weighted by Crippen LogP contribution is -2.49. The fourth-order valence-electron chi connectivity index (χ4n) is 5.16. The Morgan fingerprint density at radius 3 is 2.68 bits per heavy atom. The van der Waals surface area contributed by atoms with Gasteiger partial charge in [-0.2, -0.15) is 4.98 Å². The van der Waals surface area contributed by atoms with E-state index in [0.29, 0.717) is 48.3 Å². The van der Waals surface area contributed by atoms with Crippen LogP contribution in [0.5, 0.6) is 0 Å². The first kappa shape index (κ1) is 30.4. The van der Waals surface area contributed by atoms with E-state index in [-0.39, 0.29) is 22.7 Å². The quantitative estimate of drug-likeness (QED) is 0.251. The number of hydrogen-bond donors (Lipinski definition) is 2. The summed E-state index contributed by atoms with van der Waals surface area (Å²) in [5.41, 5.74) is 7.88. The number of oxazole rings is 1. The van der Waals surface area contributed by atoms with Gasteiger partial charge in [0.1, 0.15) is 12.1 Å². The van der Waals surface area contributed by atoms with Crippen LogP contribution in [0.1, 0.15) is 44.1 Å². The average Bonchev–Trinajstić information content (AvgIpc) is 3.64. The highest BCUT2D eigenvalue weighted by molar-refractivity contribution is 7.22. The number of nitrogens with two attached hydrogens (primary N) is 1. The summed E-state index contributed by atoms with van der Waals surface area (Å²) >= 11 is 1.57. The van der Waals surface area contributed by atoms with Crippen LogP contribution >= 0.6 is 11.3 Å². The minimum Gasteiger partial charge on any atom is -0.444 e. The Balaban J connectivity index is 1.31. The summed E-state index contributed by atoms with van der Waals surface area (Å²) < 4.78 is 18.9. The number of hydrogen-bond acceptors (Lipinski definition) is 12. The Morgan fingerprint density at radius 1 is 1.14 bits per heavy atom. The number of fused-ring (bicyclic) bond motifs is 1. The van der Waals surface area contributed by atoms with Crippen LogP contribution < -0.4 is 20.9 Å². The summed E-state index contributed by atoms with van der Waals surface area (Å²) in [5.74, 6) is 0.915. The summed E-state index contributed by atoms with van der Waals surface area (Å²) in [5, 5.41) is 4.09. The van der Waals surface area contributed by atoms with Gasteiger partial charge in [0.15, 0.2) is 30.6 Å². The van der Waals surface area contributed by atoms with Crippen molar-refractivity contribution in [3.05, 3.63) is 36.4 Å². The molecule has 0 spiro atoms. The van der Waals surface area contributed by atoms with Crippen molar-refractivity contribution in [3.8, 4) is 11.5 Å². The van der Waals surface area contributed by atoms with Crippen molar-refractivity contribution in [3.63, 3.8) is 0 Å². The smallest absolute Gasteiger partial charge is 0.277 e. The molecule has 0 radical (unpaired) electrons. The summed E-state index contributed by atoms with van der Waals surface area (Å²) in [6, 6.07) is 5.35. The number of rotatable bonds is 7. The predicted octanol–water partition coefficient (Wildman–Crippen LogP) is 5.40. The molecule has 4 aromatic rings. The molecule has 1 amide bonds. The van der Waals surface area contributed by atoms with Gasteiger partial charge in [0.05, 0.1) is 29.7 Å². The zero-order chi connectivity index (χ0) is 31.1. The number of nitrogens with zero attached hydrogens (tertiary/aromatic N) is 6. The van der Waals surface area contributed by atoms with Gasteiger partial charge in [-0.1, -0.05) is 32.1 Å². The van der Waals surface area contributed by atoms with E-state index in [4.69, 9.17) is 29.3 Å². The summed E-state index contributed by atoms with van der Waals surface area (Å²) in [4.78, 5) is 36.4. The fourth-order valence-corrected chi connectivity index (χ4v) is 7.54. The molecule has 12 nitrogen and oxygen atoms in total. The van der Waals surface area contributed by atoms with Crippen LogP contribution in [0.25, 0.3) is 21.8 Å². The molecule has 6 rings (SSSR count). The number of carbonyl (C=O) groups excluding carboxylic acids is 1. The molecule has 234 valence electrons. The van der Waals surface area contributed by atoms with E-state index in [2.05, 4.69) is 58.9 Å². The zero-order valence-electron chi connectivity index (χ0n) is 25.9. The minimum absolute atomic E-state index is 0.0796. The molecule has 0 saturated carbocycles. The Bertz CT molecular complexity index is 1650. The second-order valence-corrected chi connectivity index (χ2v) is 18.6. The third-order valence-electron chi connectivity index (χ3n) is 8.59. The molecule has 2 aliphatic heterocycles. The third-order valence-corrected chi connectivity index (χ3v) is 14.2. The lowest BCUT2D eigenvalue weighted by Gasteiger charge is -2.42. The number of thiazole rings is 1. The maximum atomic E-state index is 13.5. The second-order valence-electron chi connectivity index (χ2n) is 12.8. The fraction of sp³-hybridized carbons (Fsp3) is 0.500. The number of nitrogens with one attached hydrogen (secondary N) is 1. The van der Waals surface area contributed by atoms with E-state index in [9.17, 15) is 4.79 Å². The molecule has 14 heteroatoms. The second kappa shape index (κ2) is 12.1. The first-order valence-corrected chi connectivity index (χ1v) is 18.8. The SMILES string of the molecule is CC(C)(C)[Si](C)(C)OC1CCCN(c2nc3nc(N4CCOCC4)sc3cc2NC(=O)c2coc(-c3ccnc(N)c3)n2)C1. The van der Waals surface area contributed by atoms with Gasteiger partial charge in [-0.3, -0.25) is 4.79 Å². The van der Waals surface area contributed by atoms with Crippen LogP contribution in [0, 0.1) is 0 Å². The van der Waals surface area contributed by atoms with Crippen LogP contribution in [0.3, 0.4) is 0 Å². The highest BCUT2D eigenvalue weighted by Crippen LogP contribution is 2.40. The molecule has 1 unspecified atom stereocenters. The van der Waals surface area contributed by atoms with Gasteiger partial charge in [0.25, 0.3) is 5.91 Å². The summed E-state index contributed by atoms with van der Waals surface area (Å²) in [6.07, 6.45) is 4.95. The van der Waals surface area contributed by atoms with Crippen LogP contribution in [0.2, 0.25) is 18.1 Å². The molecular weight excluding hydrogens is 597 g/mol. The lowest BCUT2D eigenvalue weighted by molar-refractivity contribution is 0.102. The van der Waals surface area contributed by atoms with E-state index in [1.165, 1.54) is 6.26 Å². The lowest BCUT2D eigenvalue weighted by atomic mass is 10.1. The molecular formula is C30H40N8O4SSi. The van der Waals surface area contributed by atoms with Crippen molar-refractivity contribution in [2.45, 2.75) is 57.8 Å². The minimum atomic E-state index is -1.97. The van der Waals surface area contributed by atoms with E-state index < -0.39 is 14.2 Å². The van der Waals surface area contributed by atoms with Crippen LogP contribution in [-0.4, -0.2) is 79.7 Å². The van der Waals surface area contributed by atoms with E-state index >= 15 is 0 Å². The van der Waals surface area contributed by atoms with Crippen molar-refractivity contribution in [1.82, 2.24) is 19.9 Å². The molecule has 0 aliphatic carbocycles. The Hall–Kier alpha value is -3.59. The molecule has 0 bridgehead atoms. The molecule has 6 heterocycles. The molecule has 2 fully saturated rings. The number of nitrogen functional groups attached to an aromatic ring is 1. The Kier molecular flexibility index (Phi) is 8.35. The van der Waals surface area contributed by atoms with Gasteiger partial charge >= 0.3 is 0 Å². The molecule has 3 N–H and O–H groups in total. The zero-order valence-corrected chi connectivity index (χ0v) is 27.7. The van der Waals surface area contributed by atoms with Gasteiger partial charge in [-0.15, -0.1) is 0 Å². The number of pyridine rings is 2. The maximum Gasteiger partial charge on any atom is 0.277 e. The number of piperidine rings is 1. The van der Waals surface area contributed by atoms with Gasteiger partial charge in [-0.25, -0.2) is 15.0 Å². The highest BCUT2D eigenvalue weighted by atomic mass is 32.1. The van der Waals surface area contributed by atoms with Gasteiger partial charge in [-0.05, 0) is 49.2 Å². The standard InChI is InChI=1S/C30H40N8O4SSi/c1-30(2,3)44(4,5)42-20-7-6-10-38(17-20)26-21(16-23-25(35-26)36-29(43-23)37-11-13-40-14-12-37)33-27(39)22-18-41-28(34-22)19-8-9-32-24(31)15-19/h8-9,15-16,18,20H,6-7,10-14,17H2,1-5H3,(H2,31,32)(H,33,39). The first-order valence-electron chi connectivity index (χ1n) is 15.0. The van der Waals surface area contributed by atoms with E-state index in [0.717, 1.165) is 42.3 Å². The van der Waals surface area contributed by atoms with Crippen molar-refractivity contribution in [2.75, 3.05) is 60.2 Å². The van der Waals surface area contributed by atoms with Crippen molar-refractivity contribution >= 4 is 58.4 Å². The van der Waals surface area contributed by atoms with Crippen LogP contribution in [0.4, 0.5) is 22.5 Å². The Labute approximate surface area is 262 Å². The molecule has 44 heavy (non-hydrogen) atoms. The number of amides is 1. The highest BCUT2D eigenvalue weighted by Gasteiger charge is 2.40. The summed E-state index contributed by atoms with van der Waals surface area (Å²) in [6.45, 7) is 15.8. The topological polar surface area (TPSA) is 145 Å². The van der Waals surface area contributed by atoms with Crippen molar-refractivity contribution in [2.24, 2.45) is 0 Å². The molecule has 4 aromatic heterocycles. The molecule has 2 aliphatic rings. The first-order chi connectivity index (χ1) is 21.0. The Morgan fingerprint density at radius 2 is 1.93 bits per heavy atom. The predicted molar refractivity (Wildman–Crippen MR) is 176 cm³/mol. The molecule has 2 saturated heterocycles. The normalized spacial score (nSPS) is 18.2. The van der Waals surface area contributed by atoms with E-state index in [1.807, 2.05) is 6.07 Å². The number of anilines is 4. The van der Waals surface area contributed by atoms with Crippen LogP contribution in [0.15, 0.2) is 35.1 Å². The molecule has 1 atom stereocenters. The van der Waals surface area contributed by atoms with Gasteiger partial charge in [0.2, 0.25) is 5.89 Å². The van der Waals surface area contributed by atoms with Crippen LogP contribution in [-0.2, 0) is 9.16 Å². The molecule has 0 aromatic carbocycles. The number of carbonyl (C=O) groups is 1. The summed E-state index contributed by atoms with van der Waals surface area (Å²) in [7, 11) is -1.97. The number of morpholine rings is 1. The van der Waals surface area contributed by atoms with Crippen molar-refractivity contribution in [1.29, 1.82) is 0 Å². The largest absolute Gasteiger partial charge is 0.444 e. The van der Waals surface area contributed by atoms with Gasteiger partial charge < -0.3 is 34.4 Å². The number of aromatic nitrogens is 4. The monoisotopic (exact) mass is 636 g/mol. The average molecular weight is 637 g/mol. The third kappa shape index (κ3) is 6.43.